The summed E-state index contributed by atoms with van der Waals surface area (Å²) in [6.45, 7) is 7.34. The average molecular weight is 455 g/mol. The molecule has 0 aliphatic carbocycles. The van der Waals surface area contributed by atoms with E-state index in [1.165, 1.54) is 17.0 Å². The Morgan fingerprint density at radius 3 is 2.57 bits per heavy atom. The molecular weight excluding hydrogens is 432 g/mol. The van der Waals surface area contributed by atoms with E-state index in [0.29, 0.717) is 0 Å². The molecule has 0 spiro atoms. The maximum Gasteiger partial charge on any atom is 0.170 e. The molecule has 28 heavy (non-hydrogen) atoms. The van der Waals surface area contributed by atoms with Crippen molar-refractivity contribution >= 4 is 33.3 Å². The van der Waals surface area contributed by atoms with Crippen molar-refractivity contribution in [3.8, 4) is 5.69 Å². The van der Waals surface area contributed by atoms with Gasteiger partial charge in [-0.2, -0.15) is 0 Å². The lowest BCUT2D eigenvalue weighted by atomic mass is 9.97. The molecule has 1 fully saturated rings. The van der Waals surface area contributed by atoms with E-state index in [9.17, 15) is 0 Å². The number of rotatable bonds is 4. The van der Waals surface area contributed by atoms with Crippen LogP contribution in [0.2, 0.25) is 0 Å². The van der Waals surface area contributed by atoms with Crippen LogP contribution in [0.15, 0.2) is 59.2 Å². The van der Waals surface area contributed by atoms with Crippen LogP contribution in [-0.2, 0) is 0 Å². The van der Waals surface area contributed by atoms with E-state index < -0.39 is 0 Å². The van der Waals surface area contributed by atoms with Crippen LogP contribution in [-0.4, -0.2) is 26.1 Å². The summed E-state index contributed by atoms with van der Waals surface area (Å²) in [6, 6.07) is 16.8. The predicted molar refractivity (Wildman–Crippen MR) is 121 cm³/mol. The number of thiocarbonyl (C=S) groups is 1. The number of aromatic nitrogens is 2. The molecule has 1 aliphatic rings. The molecule has 2 atom stereocenters. The number of aryl methyl sites for hydroxylation is 1. The van der Waals surface area contributed by atoms with Gasteiger partial charge in [0.1, 0.15) is 0 Å². The Labute approximate surface area is 179 Å². The highest BCUT2D eigenvalue weighted by atomic mass is 79.9. The van der Waals surface area contributed by atoms with Crippen molar-refractivity contribution in [2.24, 2.45) is 0 Å². The Morgan fingerprint density at radius 1 is 1.14 bits per heavy atom. The number of halogens is 1. The van der Waals surface area contributed by atoms with Gasteiger partial charge in [-0.15, -0.1) is 0 Å². The summed E-state index contributed by atoms with van der Waals surface area (Å²) in [5.41, 5.74) is 5.86. The minimum Gasteiger partial charge on any atom is -0.352 e. The zero-order valence-electron chi connectivity index (χ0n) is 16.2. The Bertz CT molecular complexity index is 1010. The molecule has 2 aromatic heterocycles. The van der Waals surface area contributed by atoms with Gasteiger partial charge in [0.05, 0.1) is 23.5 Å². The quantitative estimate of drug-likeness (QED) is 0.546. The predicted octanol–water partition coefficient (Wildman–Crippen LogP) is 5.24. The van der Waals surface area contributed by atoms with Crippen molar-refractivity contribution in [3.05, 3.63) is 81.8 Å². The monoisotopic (exact) mass is 454 g/mol. The number of nitrogens with one attached hydrogen (secondary N) is 1. The summed E-state index contributed by atoms with van der Waals surface area (Å²) in [5, 5.41) is 4.29. The largest absolute Gasteiger partial charge is 0.352 e. The van der Waals surface area contributed by atoms with Crippen molar-refractivity contribution in [1.82, 2.24) is 19.8 Å². The van der Waals surface area contributed by atoms with Crippen LogP contribution in [0.25, 0.3) is 5.69 Å². The molecule has 3 heterocycles. The lowest BCUT2D eigenvalue weighted by molar-refractivity contribution is 0.329. The van der Waals surface area contributed by atoms with Crippen LogP contribution in [0, 0.1) is 13.8 Å². The molecule has 144 valence electrons. The second-order valence-corrected chi connectivity index (χ2v) is 8.27. The first-order valence-electron chi connectivity index (χ1n) is 9.44. The third-order valence-electron chi connectivity index (χ3n) is 5.42. The molecular formula is C22H23BrN4S. The highest BCUT2D eigenvalue weighted by molar-refractivity contribution is 9.10. The van der Waals surface area contributed by atoms with Gasteiger partial charge in [0.25, 0.3) is 0 Å². The molecule has 1 aromatic carbocycles. The van der Waals surface area contributed by atoms with Gasteiger partial charge < -0.3 is 14.8 Å². The molecule has 6 heteroatoms. The number of nitrogens with zero attached hydrogens (tertiary/aromatic N) is 3. The second-order valence-electron chi connectivity index (χ2n) is 7.03. The molecule has 1 saturated heterocycles. The summed E-state index contributed by atoms with van der Waals surface area (Å²) < 4.78 is 3.39. The third-order valence-corrected chi connectivity index (χ3v) is 6.44. The van der Waals surface area contributed by atoms with Gasteiger partial charge in [0, 0.05) is 28.6 Å². The summed E-state index contributed by atoms with van der Waals surface area (Å²) in [4.78, 5) is 6.87. The average Bonchev–Trinajstić information content (AvgIpc) is 3.18. The smallest absolute Gasteiger partial charge is 0.170 e. The van der Waals surface area contributed by atoms with Crippen LogP contribution >= 0.6 is 28.1 Å². The Morgan fingerprint density at radius 2 is 1.89 bits per heavy atom. The van der Waals surface area contributed by atoms with Crippen LogP contribution in [0.4, 0.5) is 0 Å². The fourth-order valence-corrected chi connectivity index (χ4v) is 5.01. The lowest BCUT2D eigenvalue weighted by Gasteiger charge is -2.27. The fraction of sp³-hybridized carbons (Fsp3) is 0.273. The maximum atomic E-state index is 5.66. The van der Waals surface area contributed by atoms with E-state index >= 15 is 0 Å². The van der Waals surface area contributed by atoms with Crippen molar-refractivity contribution in [3.63, 3.8) is 0 Å². The van der Waals surface area contributed by atoms with Gasteiger partial charge in [-0.05, 0) is 84.8 Å². The Kier molecular flexibility index (Phi) is 5.25. The molecule has 4 rings (SSSR count). The summed E-state index contributed by atoms with van der Waals surface area (Å²) in [5.74, 6) is 0. The topological polar surface area (TPSA) is 33.1 Å². The maximum absolute atomic E-state index is 5.66. The normalized spacial score (nSPS) is 19.1. The van der Waals surface area contributed by atoms with Gasteiger partial charge in [-0.3, -0.25) is 4.98 Å². The first kappa shape index (κ1) is 19.2. The molecule has 0 bridgehead atoms. The fourth-order valence-electron chi connectivity index (χ4n) is 4.18. The van der Waals surface area contributed by atoms with Gasteiger partial charge in [-0.1, -0.05) is 18.2 Å². The van der Waals surface area contributed by atoms with Crippen molar-refractivity contribution in [1.29, 1.82) is 0 Å². The summed E-state index contributed by atoms with van der Waals surface area (Å²) in [6.07, 6.45) is 1.84. The van der Waals surface area contributed by atoms with Crippen LogP contribution in [0.1, 0.15) is 41.7 Å². The van der Waals surface area contributed by atoms with Gasteiger partial charge >= 0.3 is 0 Å². The number of para-hydroxylation sites is 1. The zero-order chi connectivity index (χ0) is 19.8. The summed E-state index contributed by atoms with van der Waals surface area (Å²) in [7, 11) is 0. The number of hydrogen-bond donors (Lipinski definition) is 1. The lowest BCUT2D eigenvalue weighted by Crippen LogP contribution is -2.29. The standard InChI is InChI=1S/C22H23BrN4S/c1-4-26-21(20(25-22(26)28)18-10-7-8-12-24-18)16-13-14(2)27(15(16)3)19-11-6-5-9-17(19)23/h5-13,20-21H,4H2,1-3H3,(H,25,28)/t20-,21+/m1/s1. The van der Waals surface area contributed by atoms with Crippen molar-refractivity contribution < 1.29 is 0 Å². The minimum atomic E-state index is 0.0295. The molecule has 4 nitrogen and oxygen atoms in total. The molecule has 0 unspecified atom stereocenters. The zero-order valence-corrected chi connectivity index (χ0v) is 18.6. The van der Waals surface area contributed by atoms with Crippen molar-refractivity contribution in [2.75, 3.05) is 6.54 Å². The molecule has 0 saturated carbocycles. The van der Waals surface area contributed by atoms with Gasteiger partial charge in [-0.25, -0.2) is 0 Å². The Hall–Kier alpha value is -2.18. The third kappa shape index (κ3) is 3.14. The molecule has 1 N–H and O–H groups in total. The van der Waals surface area contributed by atoms with Gasteiger partial charge in [0.2, 0.25) is 0 Å². The van der Waals surface area contributed by atoms with Crippen LogP contribution < -0.4 is 5.32 Å². The second kappa shape index (κ2) is 7.68. The number of hydrogen-bond acceptors (Lipinski definition) is 2. The van der Waals surface area contributed by atoms with E-state index in [2.05, 4.69) is 86.8 Å². The highest BCUT2D eigenvalue weighted by Gasteiger charge is 2.40. The van der Waals surface area contributed by atoms with Crippen LogP contribution in [0.5, 0.6) is 0 Å². The Balaban J connectivity index is 1.85. The van der Waals surface area contributed by atoms with E-state index in [1.807, 2.05) is 24.4 Å². The first-order valence-corrected chi connectivity index (χ1v) is 10.6. The van der Waals surface area contributed by atoms with Crippen molar-refractivity contribution in [2.45, 2.75) is 32.9 Å². The summed E-state index contributed by atoms with van der Waals surface area (Å²) >= 11 is 9.37. The van der Waals surface area contributed by atoms with E-state index in [-0.39, 0.29) is 12.1 Å². The van der Waals surface area contributed by atoms with E-state index in [0.717, 1.165) is 27.5 Å². The van der Waals surface area contributed by atoms with E-state index in [1.54, 1.807) is 0 Å². The molecule has 1 aliphatic heterocycles. The number of pyridine rings is 1. The highest BCUT2D eigenvalue weighted by Crippen LogP contribution is 2.41. The number of likely N-dealkylation sites (N-methyl/N-ethyl adjacent to an activating group) is 1. The molecule has 3 aromatic rings. The SMILES string of the molecule is CCN1C(=S)N[C@H](c2ccccn2)[C@@H]1c1cc(C)n(-c2ccccc2Br)c1C. The number of benzene rings is 1. The van der Waals surface area contributed by atoms with E-state index in [4.69, 9.17) is 12.2 Å². The minimum absolute atomic E-state index is 0.0295. The van der Waals surface area contributed by atoms with Crippen LogP contribution in [0.3, 0.4) is 0 Å². The van der Waals surface area contributed by atoms with Gasteiger partial charge in [0.15, 0.2) is 5.11 Å². The first-order chi connectivity index (χ1) is 13.5. The molecule has 0 amide bonds. The molecule has 0 radical (unpaired) electrons.